The van der Waals surface area contributed by atoms with E-state index in [1.807, 2.05) is 18.2 Å². The second-order valence-corrected chi connectivity index (χ2v) is 8.03. The molecule has 0 saturated carbocycles. The van der Waals surface area contributed by atoms with Gasteiger partial charge < -0.3 is 10.6 Å². The molecule has 2 rings (SSSR count). The normalized spacial score (nSPS) is 21.5. The highest BCUT2D eigenvalue weighted by atomic mass is 127. The molecular weight excluding hydrogens is 431 g/mol. The first-order chi connectivity index (χ1) is 9.40. The first-order valence-electron chi connectivity index (χ1n) is 6.87. The molecule has 110 valence electrons. The van der Waals surface area contributed by atoms with Crippen LogP contribution in [0.15, 0.2) is 22.7 Å². The molecule has 0 spiro atoms. The monoisotopic (exact) mass is 450 g/mol. The first kappa shape index (κ1) is 16.2. The molecule has 1 saturated heterocycles. The SMILES string of the molecule is CC1(C)CCCNC1CNC(=O)c1cc(I)ccc1Br. The second kappa shape index (κ2) is 6.75. The van der Waals surface area contributed by atoms with Gasteiger partial charge in [0, 0.05) is 20.6 Å². The lowest BCUT2D eigenvalue weighted by atomic mass is 9.77. The Morgan fingerprint density at radius 3 is 3.00 bits per heavy atom. The lowest BCUT2D eigenvalue weighted by molar-refractivity contribution is 0.0928. The zero-order valence-corrected chi connectivity index (χ0v) is 15.5. The van der Waals surface area contributed by atoms with Crippen LogP contribution >= 0.6 is 38.5 Å². The number of piperidine rings is 1. The van der Waals surface area contributed by atoms with Gasteiger partial charge in [0.15, 0.2) is 0 Å². The summed E-state index contributed by atoms with van der Waals surface area (Å²) in [5, 5.41) is 6.57. The molecule has 20 heavy (non-hydrogen) atoms. The Morgan fingerprint density at radius 1 is 1.55 bits per heavy atom. The van der Waals surface area contributed by atoms with Crippen molar-refractivity contribution in [2.75, 3.05) is 13.1 Å². The summed E-state index contributed by atoms with van der Waals surface area (Å²) < 4.78 is 1.90. The summed E-state index contributed by atoms with van der Waals surface area (Å²) in [7, 11) is 0. The molecule has 0 radical (unpaired) electrons. The lowest BCUT2D eigenvalue weighted by Crippen LogP contribution is -2.52. The topological polar surface area (TPSA) is 41.1 Å². The van der Waals surface area contributed by atoms with Gasteiger partial charge in [-0.1, -0.05) is 13.8 Å². The van der Waals surface area contributed by atoms with Crippen molar-refractivity contribution in [2.24, 2.45) is 5.41 Å². The largest absolute Gasteiger partial charge is 0.350 e. The third-order valence-corrected chi connectivity index (χ3v) is 5.33. The van der Waals surface area contributed by atoms with Crippen molar-refractivity contribution in [3.8, 4) is 0 Å². The number of nitrogens with one attached hydrogen (secondary N) is 2. The van der Waals surface area contributed by atoms with Crippen molar-refractivity contribution in [2.45, 2.75) is 32.7 Å². The van der Waals surface area contributed by atoms with E-state index in [9.17, 15) is 4.79 Å². The van der Waals surface area contributed by atoms with Gasteiger partial charge in [0.1, 0.15) is 0 Å². The molecule has 1 aliphatic heterocycles. The molecule has 0 aliphatic carbocycles. The second-order valence-electron chi connectivity index (χ2n) is 5.93. The van der Waals surface area contributed by atoms with Gasteiger partial charge in [-0.05, 0) is 81.5 Å². The molecule has 3 nitrogen and oxygen atoms in total. The maximum atomic E-state index is 12.3. The molecule has 1 fully saturated rings. The van der Waals surface area contributed by atoms with Crippen molar-refractivity contribution in [3.05, 3.63) is 31.8 Å². The van der Waals surface area contributed by atoms with Crippen molar-refractivity contribution in [3.63, 3.8) is 0 Å². The van der Waals surface area contributed by atoms with Crippen LogP contribution in [-0.2, 0) is 0 Å². The molecule has 5 heteroatoms. The van der Waals surface area contributed by atoms with E-state index in [4.69, 9.17) is 0 Å². The molecule has 1 aromatic carbocycles. The molecule has 0 aromatic heterocycles. The minimum Gasteiger partial charge on any atom is -0.350 e. The van der Waals surface area contributed by atoms with Crippen molar-refractivity contribution >= 4 is 44.4 Å². The molecule has 1 heterocycles. The van der Waals surface area contributed by atoms with Crippen LogP contribution in [0.1, 0.15) is 37.0 Å². The highest BCUT2D eigenvalue weighted by Gasteiger charge is 2.32. The third kappa shape index (κ3) is 3.95. The van der Waals surface area contributed by atoms with Gasteiger partial charge in [-0.2, -0.15) is 0 Å². The van der Waals surface area contributed by atoms with E-state index in [1.165, 1.54) is 12.8 Å². The smallest absolute Gasteiger partial charge is 0.252 e. The maximum Gasteiger partial charge on any atom is 0.252 e. The van der Waals surface area contributed by atoms with Gasteiger partial charge in [0.2, 0.25) is 0 Å². The Morgan fingerprint density at radius 2 is 2.30 bits per heavy atom. The number of hydrogen-bond acceptors (Lipinski definition) is 2. The highest BCUT2D eigenvalue weighted by molar-refractivity contribution is 14.1. The van der Waals surface area contributed by atoms with Crippen LogP contribution in [0.25, 0.3) is 0 Å². The summed E-state index contributed by atoms with van der Waals surface area (Å²) in [5.74, 6) is -0.0152. The number of amides is 1. The predicted molar refractivity (Wildman–Crippen MR) is 94.0 cm³/mol. The van der Waals surface area contributed by atoms with Gasteiger partial charge in [0.05, 0.1) is 5.56 Å². The van der Waals surface area contributed by atoms with Crippen LogP contribution in [0.5, 0.6) is 0 Å². The van der Waals surface area contributed by atoms with Gasteiger partial charge in [-0.3, -0.25) is 4.79 Å². The number of halogens is 2. The van der Waals surface area contributed by atoms with Gasteiger partial charge in [-0.25, -0.2) is 0 Å². The fraction of sp³-hybridized carbons (Fsp3) is 0.533. The van der Waals surface area contributed by atoms with Gasteiger partial charge in [-0.15, -0.1) is 0 Å². The molecule has 0 bridgehead atoms. The van der Waals surface area contributed by atoms with Gasteiger partial charge in [0.25, 0.3) is 5.91 Å². The van der Waals surface area contributed by atoms with Crippen LogP contribution in [0.3, 0.4) is 0 Å². The number of carbonyl (C=O) groups excluding carboxylic acids is 1. The fourth-order valence-corrected chi connectivity index (χ4v) is 3.50. The minimum absolute atomic E-state index is 0.0152. The van der Waals surface area contributed by atoms with E-state index in [-0.39, 0.29) is 11.3 Å². The van der Waals surface area contributed by atoms with Crippen molar-refractivity contribution in [1.82, 2.24) is 10.6 Å². The summed E-state index contributed by atoms with van der Waals surface area (Å²) in [6.45, 7) is 6.23. The van der Waals surface area contributed by atoms with Crippen LogP contribution in [-0.4, -0.2) is 25.0 Å². The molecule has 1 amide bonds. The summed E-state index contributed by atoms with van der Waals surface area (Å²) >= 11 is 5.66. The summed E-state index contributed by atoms with van der Waals surface area (Å²) in [4.78, 5) is 12.3. The summed E-state index contributed by atoms with van der Waals surface area (Å²) in [5.41, 5.74) is 0.930. The fourth-order valence-electron chi connectivity index (χ4n) is 2.58. The van der Waals surface area contributed by atoms with Crippen LogP contribution in [0, 0.1) is 8.99 Å². The Hall–Kier alpha value is -0.140. The lowest BCUT2D eigenvalue weighted by Gasteiger charge is -2.39. The number of rotatable bonds is 3. The Bertz CT molecular complexity index is 505. The van der Waals surface area contributed by atoms with E-state index in [0.29, 0.717) is 18.2 Å². The first-order valence-corrected chi connectivity index (χ1v) is 8.74. The van der Waals surface area contributed by atoms with Crippen molar-refractivity contribution in [1.29, 1.82) is 0 Å². The highest BCUT2D eigenvalue weighted by Crippen LogP contribution is 2.29. The number of hydrogen-bond donors (Lipinski definition) is 2. The molecule has 1 aliphatic rings. The predicted octanol–water partition coefficient (Wildman–Crippen LogP) is 3.56. The zero-order chi connectivity index (χ0) is 14.8. The Labute approximate surface area is 142 Å². The average Bonchev–Trinajstić information content (AvgIpc) is 2.39. The van der Waals surface area contributed by atoms with E-state index < -0.39 is 0 Å². The van der Waals surface area contributed by atoms with E-state index in [2.05, 4.69) is 63.0 Å². The number of carbonyl (C=O) groups is 1. The molecule has 2 N–H and O–H groups in total. The maximum absolute atomic E-state index is 12.3. The Balaban J connectivity index is 2.00. The Kier molecular flexibility index (Phi) is 5.48. The standard InChI is InChI=1S/C15H20BrIN2O/c1-15(2)6-3-7-18-13(15)9-19-14(20)11-8-10(17)4-5-12(11)16/h4-5,8,13,18H,3,6-7,9H2,1-2H3,(H,19,20). The minimum atomic E-state index is -0.0152. The zero-order valence-electron chi connectivity index (χ0n) is 11.8. The quantitative estimate of drug-likeness (QED) is 0.691. The van der Waals surface area contributed by atoms with E-state index >= 15 is 0 Å². The van der Waals surface area contributed by atoms with Crippen molar-refractivity contribution < 1.29 is 4.79 Å². The van der Waals surface area contributed by atoms with E-state index in [1.54, 1.807) is 0 Å². The summed E-state index contributed by atoms with van der Waals surface area (Å²) in [6, 6.07) is 6.13. The average molecular weight is 451 g/mol. The van der Waals surface area contributed by atoms with Crippen LogP contribution < -0.4 is 10.6 Å². The molecule has 1 aromatic rings. The van der Waals surface area contributed by atoms with Gasteiger partial charge >= 0.3 is 0 Å². The molecule has 1 atom stereocenters. The summed E-state index contributed by atoms with van der Waals surface area (Å²) in [6.07, 6.45) is 2.41. The number of benzene rings is 1. The molecule has 1 unspecified atom stereocenters. The third-order valence-electron chi connectivity index (χ3n) is 3.97. The van der Waals surface area contributed by atoms with Crippen LogP contribution in [0.4, 0.5) is 0 Å². The van der Waals surface area contributed by atoms with E-state index in [0.717, 1.165) is 14.6 Å². The molecular formula is C15H20BrIN2O. The van der Waals surface area contributed by atoms with Crippen LogP contribution in [0.2, 0.25) is 0 Å².